The third kappa shape index (κ3) is 5.23. The lowest BCUT2D eigenvalue weighted by molar-refractivity contribution is -0.137. The van der Waals surface area contributed by atoms with Gasteiger partial charge in [-0.3, -0.25) is 9.69 Å². The number of fused-ring (bicyclic) bond motifs is 1. The van der Waals surface area contributed by atoms with Crippen molar-refractivity contribution in [3.8, 4) is 6.07 Å². The number of nitrogens with zero attached hydrogens (tertiary/aromatic N) is 2. The molecule has 1 amide bonds. The van der Waals surface area contributed by atoms with Crippen LogP contribution in [0.3, 0.4) is 0 Å². The Morgan fingerprint density at radius 1 is 1.03 bits per heavy atom. The topological polar surface area (TPSA) is 70.1 Å². The molecule has 38 heavy (non-hydrogen) atoms. The van der Waals surface area contributed by atoms with Crippen LogP contribution in [0.5, 0.6) is 0 Å². The van der Waals surface area contributed by atoms with Crippen molar-refractivity contribution in [3.05, 3.63) is 111 Å². The summed E-state index contributed by atoms with van der Waals surface area (Å²) in [5, 5.41) is 9.41. The van der Waals surface area contributed by atoms with Gasteiger partial charge in [0.25, 0.3) is 0 Å². The van der Waals surface area contributed by atoms with E-state index in [0.29, 0.717) is 29.7 Å². The second-order valence-electron chi connectivity index (χ2n) is 10.0. The summed E-state index contributed by atoms with van der Waals surface area (Å²) in [5.41, 5.74) is 12.1. The minimum absolute atomic E-state index is 0.117. The van der Waals surface area contributed by atoms with Gasteiger partial charge in [-0.2, -0.15) is 18.4 Å². The molecule has 4 nitrogen and oxygen atoms in total. The van der Waals surface area contributed by atoms with Gasteiger partial charge in [-0.1, -0.05) is 48.5 Å². The zero-order valence-electron chi connectivity index (χ0n) is 20.9. The average Bonchev–Trinajstić information content (AvgIpc) is 2.92. The first-order valence-corrected chi connectivity index (χ1v) is 12.8. The Morgan fingerprint density at radius 2 is 1.79 bits per heavy atom. The number of primary amides is 1. The Kier molecular flexibility index (Phi) is 7.09. The van der Waals surface area contributed by atoms with Gasteiger partial charge in [0.15, 0.2) is 0 Å². The van der Waals surface area contributed by atoms with Crippen LogP contribution < -0.4 is 5.73 Å². The minimum Gasteiger partial charge on any atom is -0.366 e. The number of rotatable bonds is 5. The molecule has 1 heterocycles. The van der Waals surface area contributed by atoms with Crippen molar-refractivity contribution in [2.45, 2.75) is 50.9 Å². The van der Waals surface area contributed by atoms with Crippen LogP contribution in [0.4, 0.5) is 13.2 Å². The Hall–Kier alpha value is -3.89. The van der Waals surface area contributed by atoms with E-state index in [-0.39, 0.29) is 5.92 Å². The molecule has 0 saturated heterocycles. The summed E-state index contributed by atoms with van der Waals surface area (Å²) in [7, 11) is 0. The predicted molar refractivity (Wildman–Crippen MR) is 140 cm³/mol. The van der Waals surface area contributed by atoms with Crippen molar-refractivity contribution in [2.24, 2.45) is 5.73 Å². The third-order valence-electron chi connectivity index (χ3n) is 7.67. The highest BCUT2D eigenvalue weighted by Crippen LogP contribution is 2.44. The van der Waals surface area contributed by atoms with Crippen LogP contribution in [0.15, 0.2) is 72.3 Å². The van der Waals surface area contributed by atoms with Gasteiger partial charge in [-0.05, 0) is 77.3 Å². The number of hydrogen-bond acceptors (Lipinski definition) is 3. The highest BCUT2D eigenvalue weighted by molar-refractivity contribution is 6.01. The first-order valence-electron chi connectivity index (χ1n) is 12.8. The number of benzene rings is 3. The Balaban J connectivity index is 1.43. The summed E-state index contributed by atoms with van der Waals surface area (Å²) in [4.78, 5) is 14.7. The van der Waals surface area contributed by atoms with E-state index in [1.807, 2.05) is 24.3 Å². The van der Waals surface area contributed by atoms with E-state index in [0.717, 1.165) is 61.2 Å². The van der Waals surface area contributed by atoms with Crippen LogP contribution in [-0.4, -0.2) is 17.4 Å². The lowest BCUT2D eigenvalue weighted by Gasteiger charge is -2.32. The number of carbonyl (C=O) groups is 1. The van der Waals surface area contributed by atoms with Crippen LogP contribution in [-0.2, 0) is 30.5 Å². The van der Waals surface area contributed by atoms with E-state index in [1.165, 1.54) is 23.3 Å². The molecule has 0 aromatic heterocycles. The van der Waals surface area contributed by atoms with Gasteiger partial charge in [-0.15, -0.1) is 0 Å². The Morgan fingerprint density at radius 3 is 2.50 bits per heavy atom. The molecule has 1 aliphatic carbocycles. The maximum absolute atomic E-state index is 13.2. The van der Waals surface area contributed by atoms with Crippen LogP contribution in [0, 0.1) is 11.3 Å². The molecule has 0 spiro atoms. The van der Waals surface area contributed by atoms with Gasteiger partial charge in [0.1, 0.15) is 0 Å². The maximum atomic E-state index is 13.2. The second kappa shape index (κ2) is 10.5. The molecule has 1 atom stereocenters. The summed E-state index contributed by atoms with van der Waals surface area (Å²) < 4.78 is 39.5. The molecule has 3 aromatic carbocycles. The lowest BCUT2D eigenvalue weighted by Crippen LogP contribution is -2.30. The highest BCUT2D eigenvalue weighted by atomic mass is 19.4. The van der Waals surface area contributed by atoms with Gasteiger partial charge in [0.05, 0.1) is 17.2 Å². The van der Waals surface area contributed by atoms with E-state index in [2.05, 4.69) is 29.2 Å². The summed E-state index contributed by atoms with van der Waals surface area (Å²) in [6.45, 7) is 2.33. The van der Waals surface area contributed by atoms with E-state index in [4.69, 9.17) is 5.73 Å². The molecule has 194 valence electrons. The fourth-order valence-electron chi connectivity index (χ4n) is 5.77. The molecule has 2 N–H and O–H groups in total. The maximum Gasteiger partial charge on any atom is 0.416 e. The van der Waals surface area contributed by atoms with Crippen molar-refractivity contribution in [3.63, 3.8) is 0 Å². The third-order valence-corrected chi connectivity index (χ3v) is 7.67. The van der Waals surface area contributed by atoms with Gasteiger partial charge in [0.2, 0.25) is 5.91 Å². The molecule has 1 unspecified atom stereocenters. The molecule has 7 heteroatoms. The normalized spacial score (nSPS) is 18.1. The number of nitriles is 1. The van der Waals surface area contributed by atoms with Gasteiger partial charge >= 0.3 is 6.18 Å². The molecule has 0 fully saturated rings. The number of alkyl halides is 3. The van der Waals surface area contributed by atoms with Crippen LogP contribution >= 0.6 is 0 Å². The Labute approximate surface area is 220 Å². The monoisotopic (exact) mass is 515 g/mol. The van der Waals surface area contributed by atoms with E-state index in [9.17, 15) is 23.2 Å². The van der Waals surface area contributed by atoms with E-state index in [1.54, 1.807) is 0 Å². The minimum atomic E-state index is -4.42. The first kappa shape index (κ1) is 25.7. The van der Waals surface area contributed by atoms with Gasteiger partial charge in [0, 0.05) is 31.1 Å². The molecular formula is C31H28F3N3O. The highest BCUT2D eigenvalue weighted by Gasteiger charge is 2.32. The smallest absolute Gasteiger partial charge is 0.366 e. The molecule has 0 saturated carbocycles. The predicted octanol–water partition coefficient (Wildman–Crippen LogP) is 6.34. The van der Waals surface area contributed by atoms with Crippen molar-refractivity contribution >= 4 is 11.5 Å². The first-order chi connectivity index (χ1) is 18.2. The Bertz CT molecular complexity index is 1430. The lowest BCUT2D eigenvalue weighted by atomic mass is 9.75. The van der Waals surface area contributed by atoms with Crippen LogP contribution in [0.2, 0.25) is 0 Å². The summed E-state index contributed by atoms with van der Waals surface area (Å²) in [6, 6.07) is 21.3. The SMILES string of the molecule is N#Cc1ccccc1CN1CCc2cc(C3CCCC(C(N)=O)=C3c3ccc(C(F)(F)F)cc3)ccc2C1. The van der Waals surface area contributed by atoms with E-state index >= 15 is 0 Å². The average molecular weight is 516 g/mol. The molecule has 1 aliphatic heterocycles. The van der Waals surface area contributed by atoms with Gasteiger partial charge < -0.3 is 5.73 Å². The molecule has 0 radical (unpaired) electrons. The molecular weight excluding hydrogens is 487 g/mol. The summed E-state index contributed by atoms with van der Waals surface area (Å²) >= 11 is 0. The second-order valence-corrected chi connectivity index (χ2v) is 10.0. The molecule has 0 bridgehead atoms. The van der Waals surface area contributed by atoms with Crippen molar-refractivity contribution in [2.75, 3.05) is 6.54 Å². The molecule has 5 rings (SSSR count). The van der Waals surface area contributed by atoms with Crippen molar-refractivity contribution < 1.29 is 18.0 Å². The van der Waals surface area contributed by atoms with Crippen LogP contribution in [0.1, 0.15) is 64.1 Å². The number of amides is 1. The zero-order chi connectivity index (χ0) is 26.9. The fourth-order valence-corrected chi connectivity index (χ4v) is 5.77. The van der Waals surface area contributed by atoms with Crippen molar-refractivity contribution in [1.29, 1.82) is 5.26 Å². The zero-order valence-corrected chi connectivity index (χ0v) is 20.9. The van der Waals surface area contributed by atoms with Gasteiger partial charge in [-0.25, -0.2) is 0 Å². The fraction of sp³-hybridized carbons (Fsp3) is 0.290. The number of hydrogen-bond donors (Lipinski definition) is 1. The van der Waals surface area contributed by atoms with E-state index < -0.39 is 17.6 Å². The summed E-state index contributed by atoms with van der Waals surface area (Å²) in [6.07, 6.45) is -1.47. The quantitative estimate of drug-likeness (QED) is 0.431. The molecule has 2 aliphatic rings. The van der Waals surface area contributed by atoms with Crippen LogP contribution in [0.25, 0.3) is 5.57 Å². The van der Waals surface area contributed by atoms with Crippen molar-refractivity contribution in [1.82, 2.24) is 4.90 Å². The number of halogens is 3. The molecule has 3 aromatic rings. The number of allylic oxidation sites excluding steroid dienone is 1. The largest absolute Gasteiger partial charge is 0.416 e. The standard InChI is InChI=1S/C31H28F3N3O/c32-31(33,34)26-12-10-20(11-13-26)29-27(6-3-7-28(29)30(36)38)22-8-9-25-19-37(15-14-21(25)16-22)18-24-5-2-1-4-23(24)17-35/h1-2,4-5,8-13,16,27H,3,6-7,14-15,18-19H2,(H2,36,38). The number of carbonyl (C=O) groups excluding carboxylic acids is 1. The summed E-state index contributed by atoms with van der Waals surface area (Å²) in [5.74, 6) is -0.635. The number of nitrogens with two attached hydrogens (primary N) is 1.